The summed E-state index contributed by atoms with van der Waals surface area (Å²) in [7, 11) is 0. The maximum atomic E-state index is 13.1. The van der Waals surface area contributed by atoms with E-state index in [4.69, 9.17) is 9.52 Å². The predicted molar refractivity (Wildman–Crippen MR) is 107 cm³/mol. The van der Waals surface area contributed by atoms with Crippen molar-refractivity contribution in [2.24, 2.45) is 10.9 Å². The summed E-state index contributed by atoms with van der Waals surface area (Å²) in [6.45, 7) is 7.82. The number of carbonyl (C=O) groups excluding carboxylic acids is 1. The molecule has 0 spiro atoms. The van der Waals surface area contributed by atoms with Crippen molar-refractivity contribution < 1.29 is 9.32 Å². The van der Waals surface area contributed by atoms with Gasteiger partial charge in [-0.1, -0.05) is 5.16 Å². The van der Waals surface area contributed by atoms with Gasteiger partial charge in [0.2, 0.25) is 5.78 Å². The second-order valence-electron chi connectivity index (χ2n) is 7.06. The van der Waals surface area contributed by atoms with E-state index in [9.17, 15) is 4.79 Å². The number of carbonyl (C=O) groups is 1. The van der Waals surface area contributed by atoms with E-state index in [1.807, 2.05) is 38.3 Å². The van der Waals surface area contributed by atoms with Gasteiger partial charge in [0.15, 0.2) is 5.01 Å². The molecule has 0 amide bonds. The van der Waals surface area contributed by atoms with E-state index in [0.717, 1.165) is 39.5 Å². The van der Waals surface area contributed by atoms with Crippen LogP contribution in [-0.4, -0.2) is 21.6 Å². The number of aromatic nitrogens is 2. The van der Waals surface area contributed by atoms with Crippen LogP contribution in [0.3, 0.4) is 0 Å². The standard InChI is InChI=1S/C21H21N3O2S/c1-11-17(20(25)21-22-7-8-27-21)9-16(19-13(3)24-26-14(19)4)10-18(11)23-12(2)15-5-6-15/h7-10,15H,5-6H2,1-4H3. The van der Waals surface area contributed by atoms with E-state index >= 15 is 0 Å². The van der Waals surface area contributed by atoms with Gasteiger partial charge in [0, 0.05) is 28.4 Å². The Hall–Kier alpha value is -2.60. The Labute approximate surface area is 162 Å². The lowest BCUT2D eigenvalue weighted by molar-refractivity contribution is 0.103. The summed E-state index contributed by atoms with van der Waals surface area (Å²) >= 11 is 1.35. The molecule has 1 saturated carbocycles. The number of aryl methyl sites for hydroxylation is 2. The minimum atomic E-state index is -0.0726. The molecule has 1 aromatic carbocycles. The van der Waals surface area contributed by atoms with Gasteiger partial charge in [0.1, 0.15) is 5.76 Å². The Balaban J connectivity index is 1.91. The van der Waals surface area contributed by atoms with Crippen molar-refractivity contribution >= 4 is 28.5 Å². The molecule has 0 unspecified atom stereocenters. The zero-order valence-electron chi connectivity index (χ0n) is 15.9. The maximum Gasteiger partial charge on any atom is 0.221 e. The van der Waals surface area contributed by atoms with Gasteiger partial charge in [-0.2, -0.15) is 0 Å². The zero-order valence-corrected chi connectivity index (χ0v) is 16.7. The number of rotatable bonds is 5. The number of nitrogens with zero attached hydrogens (tertiary/aromatic N) is 3. The monoisotopic (exact) mass is 379 g/mol. The maximum absolute atomic E-state index is 13.1. The van der Waals surface area contributed by atoms with Crippen LogP contribution in [0.5, 0.6) is 0 Å². The number of benzene rings is 1. The van der Waals surface area contributed by atoms with Crippen molar-refractivity contribution in [3.05, 3.63) is 51.3 Å². The molecular formula is C21H21N3O2S. The highest BCUT2D eigenvalue weighted by molar-refractivity contribution is 7.11. The van der Waals surface area contributed by atoms with Crippen LogP contribution in [-0.2, 0) is 0 Å². The summed E-state index contributed by atoms with van der Waals surface area (Å²) in [5, 5.41) is 6.37. The van der Waals surface area contributed by atoms with Crippen molar-refractivity contribution in [3.8, 4) is 11.1 Å². The fourth-order valence-electron chi connectivity index (χ4n) is 3.32. The second-order valence-corrected chi connectivity index (χ2v) is 7.96. The lowest BCUT2D eigenvalue weighted by Gasteiger charge is -2.12. The molecule has 0 aliphatic heterocycles. The summed E-state index contributed by atoms with van der Waals surface area (Å²) in [5.74, 6) is 1.24. The van der Waals surface area contributed by atoms with Crippen LogP contribution < -0.4 is 0 Å². The molecule has 0 N–H and O–H groups in total. The molecule has 0 bridgehead atoms. The highest BCUT2D eigenvalue weighted by atomic mass is 32.1. The third-order valence-corrected chi connectivity index (χ3v) is 5.81. The van der Waals surface area contributed by atoms with Gasteiger partial charge in [0.25, 0.3) is 0 Å². The molecule has 6 heteroatoms. The quantitative estimate of drug-likeness (QED) is 0.436. The summed E-state index contributed by atoms with van der Waals surface area (Å²) in [6, 6.07) is 3.95. The Kier molecular flexibility index (Phi) is 4.52. The first-order valence-corrected chi connectivity index (χ1v) is 9.91. The molecule has 0 atom stereocenters. The first-order valence-electron chi connectivity index (χ1n) is 9.03. The number of aliphatic imine (C=N–C) groups is 1. The summed E-state index contributed by atoms with van der Waals surface area (Å²) in [6.07, 6.45) is 4.05. The molecule has 2 heterocycles. The Morgan fingerprint density at radius 2 is 2.04 bits per heavy atom. The molecule has 4 rings (SSSR count). The van der Waals surface area contributed by atoms with Crippen LogP contribution in [0.25, 0.3) is 11.1 Å². The molecule has 138 valence electrons. The Bertz CT molecular complexity index is 1020. The Morgan fingerprint density at radius 1 is 1.26 bits per heavy atom. The minimum absolute atomic E-state index is 0.0726. The molecule has 5 nitrogen and oxygen atoms in total. The van der Waals surface area contributed by atoms with Crippen molar-refractivity contribution in [2.45, 2.75) is 40.5 Å². The van der Waals surface area contributed by atoms with Crippen LogP contribution in [0.1, 0.15) is 52.1 Å². The van der Waals surface area contributed by atoms with Crippen LogP contribution in [0, 0.1) is 26.7 Å². The van der Waals surface area contributed by atoms with Crippen LogP contribution >= 0.6 is 11.3 Å². The molecule has 2 aromatic heterocycles. The lowest BCUT2D eigenvalue weighted by Crippen LogP contribution is -2.05. The molecule has 1 aliphatic carbocycles. The summed E-state index contributed by atoms with van der Waals surface area (Å²) in [4.78, 5) is 22.1. The summed E-state index contributed by atoms with van der Waals surface area (Å²) < 4.78 is 5.34. The summed E-state index contributed by atoms with van der Waals surface area (Å²) in [5.41, 5.74) is 6.09. The number of ketones is 1. The average Bonchev–Trinajstić information content (AvgIpc) is 3.25. The largest absolute Gasteiger partial charge is 0.361 e. The topological polar surface area (TPSA) is 68.3 Å². The van der Waals surface area contributed by atoms with Gasteiger partial charge < -0.3 is 4.52 Å². The average molecular weight is 379 g/mol. The molecule has 0 saturated heterocycles. The molecule has 27 heavy (non-hydrogen) atoms. The van der Waals surface area contributed by atoms with E-state index in [1.54, 1.807) is 6.20 Å². The van der Waals surface area contributed by atoms with E-state index in [1.165, 1.54) is 24.2 Å². The first-order chi connectivity index (χ1) is 13.0. The van der Waals surface area contributed by atoms with Gasteiger partial charge in [-0.15, -0.1) is 11.3 Å². The number of hydrogen-bond acceptors (Lipinski definition) is 6. The van der Waals surface area contributed by atoms with Gasteiger partial charge in [-0.3, -0.25) is 9.79 Å². The fourth-order valence-corrected chi connectivity index (χ4v) is 3.91. The zero-order chi connectivity index (χ0) is 19.1. The number of thiazole rings is 1. The minimum Gasteiger partial charge on any atom is -0.361 e. The fraction of sp³-hybridized carbons (Fsp3) is 0.333. The number of hydrogen-bond donors (Lipinski definition) is 0. The second kappa shape index (κ2) is 6.85. The van der Waals surface area contributed by atoms with E-state index in [-0.39, 0.29) is 5.78 Å². The van der Waals surface area contributed by atoms with E-state index in [2.05, 4.69) is 17.1 Å². The van der Waals surface area contributed by atoms with Crippen LogP contribution in [0.4, 0.5) is 5.69 Å². The molecule has 3 aromatic rings. The third kappa shape index (κ3) is 3.37. The third-order valence-electron chi connectivity index (χ3n) is 5.04. The van der Waals surface area contributed by atoms with Crippen molar-refractivity contribution in [3.63, 3.8) is 0 Å². The SMILES string of the molecule is CC(=Nc1cc(-c2c(C)noc2C)cc(C(=O)c2nccs2)c1C)C1CC1. The molecule has 0 radical (unpaired) electrons. The normalized spacial score (nSPS) is 14.6. The lowest BCUT2D eigenvalue weighted by atomic mass is 9.95. The van der Waals surface area contributed by atoms with Gasteiger partial charge in [-0.25, -0.2) is 4.98 Å². The first kappa shape index (κ1) is 17.8. The predicted octanol–water partition coefficient (Wildman–Crippen LogP) is 5.46. The van der Waals surface area contributed by atoms with Crippen LogP contribution in [0.2, 0.25) is 0 Å². The van der Waals surface area contributed by atoms with Crippen LogP contribution in [0.15, 0.2) is 33.2 Å². The van der Waals surface area contributed by atoms with Crippen molar-refractivity contribution in [1.29, 1.82) is 0 Å². The molecule has 1 aliphatic rings. The highest BCUT2D eigenvalue weighted by Gasteiger charge is 2.25. The Morgan fingerprint density at radius 3 is 2.63 bits per heavy atom. The molecular weight excluding hydrogens is 358 g/mol. The van der Waals surface area contributed by atoms with E-state index in [0.29, 0.717) is 16.5 Å². The van der Waals surface area contributed by atoms with Crippen molar-refractivity contribution in [2.75, 3.05) is 0 Å². The van der Waals surface area contributed by atoms with Gasteiger partial charge >= 0.3 is 0 Å². The smallest absolute Gasteiger partial charge is 0.221 e. The highest BCUT2D eigenvalue weighted by Crippen LogP contribution is 2.37. The van der Waals surface area contributed by atoms with E-state index < -0.39 is 0 Å². The van der Waals surface area contributed by atoms with Crippen molar-refractivity contribution in [1.82, 2.24) is 10.1 Å². The molecule has 1 fully saturated rings. The van der Waals surface area contributed by atoms with Gasteiger partial charge in [0.05, 0.1) is 11.4 Å². The van der Waals surface area contributed by atoms with Gasteiger partial charge in [-0.05, 0) is 69.7 Å².